The van der Waals surface area contributed by atoms with Crippen LogP contribution < -0.4 is 5.32 Å². The Morgan fingerprint density at radius 3 is 2.79 bits per heavy atom. The second kappa shape index (κ2) is 9.27. The molecule has 0 fully saturated rings. The van der Waals surface area contributed by atoms with E-state index < -0.39 is 4.92 Å². The lowest BCUT2D eigenvalue weighted by Gasteiger charge is -2.08. The van der Waals surface area contributed by atoms with Gasteiger partial charge in [0.25, 0.3) is 11.6 Å². The molecule has 8 heteroatoms. The minimum absolute atomic E-state index is 0.0448. The fraction of sp³-hybridized carbons (Fsp3) is 0.300. The maximum absolute atomic E-state index is 12.8. The summed E-state index contributed by atoms with van der Waals surface area (Å²) in [5, 5.41) is 20.5. The molecule has 0 bridgehead atoms. The zero-order chi connectivity index (χ0) is 19.9. The first-order valence-corrected chi connectivity index (χ1v) is 10.1. The molecule has 3 rings (SSSR count). The van der Waals surface area contributed by atoms with E-state index in [2.05, 4.69) is 17.3 Å². The number of hydrogen-bond acceptors (Lipinski definition) is 5. The van der Waals surface area contributed by atoms with E-state index >= 15 is 0 Å². The van der Waals surface area contributed by atoms with Gasteiger partial charge in [0, 0.05) is 18.7 Å². The summed E-state index contributed by atoms with van der Waals surface area (Å²) in [7, 11) is 0. The molecule has 28 heavy (non-hydrogen) atoms. The molecule has 146 valence electrons. The van der Waals surface area contributed by atoms with Crippen LogP contribution in [0.3, 0.4) is 0 Å². The largest absolute Gasteiger partial charge is 0.351 e. The third kappa shape index (κ3) is 4.64. The van der Waals surface area contributed by atoms with Crippen LogP contribution in [0.5, 0.6) is 0 Å². The first-order valence-electron chi connectivity index (χ1n) is 9.27. The molecular formula is C20H22N4O3S. The number of nitrogens with zero attached hydrogens (tertiary/aromatic N) is 3. The lowest BCUT2D eigenvalue weighted by molar-refractivity contribution is -0.384. The Morgan fingerprint density at radius 1 is 1.21 bits per heavy atom. The van der Waals surface area contributed by atoms with Crippen molar-refractivity contribution in [2.24, 2.45) is 0 Å². The number of non-ortho nitro benzene ring substituents is 1. The Bertz CT molecular complexity index is 950. The summed E-state index contributed by atoms with van der Waals surface area (Å²) in [6.07, 6.45) is 4.27. The summed E-state index contributed by atoms with van der Waals surface area (Å²) in [4.78, 5) is 24.4. The van der Waals surface area contributed by atoms with Crippen LogP contribution in [0, 0.1) is 10.1 Å². The number of carbonyl (C=O) groups excluding carboxylic acids is 1. The second-order valence-corrected chi connectivity index (χ2v) is 7.35. The Morgan fingerprint density at radius 2 is 2.07 bits per heavy atom. The number of hydrogen-bond donors (Lipinski definition) is 1. The molecule has 0 saturated heterocycles. The molecule has 1 N–H and O–H groups in total. The highest BCUT2D eigenvalue weighted by Gasteiger charge is 2.19. The number of benzene rings is 1. The lowest BCUT2D eigenvalue weighted by atomic mass is 10.2. The first-order chi connectivity index (χ1) is 13.6. The zero-order valence-electron chi connectivity index (χ0n) is 15.6. The number of nitrogens with one attached hydrogen (secondary N) is 1. The fourth-order valence-electron chi connectivity index (χ4n) is 2.87. The molecule has 0 aliphatic heterocycles. The molecule has 0 atom stereocenters. The number of nitro groups is 1. The SMILES string of the molecule is CCCCCCNC(=O)c1cc(-c2cccs2)nn1-c1cccc([N+](=O)[O-])c1. The molecule has 0 radical (unpaired) electrons. The van der Waals surface area contributed by atoms with E-state index in [-0.39, 0.29) is 11.6 Å². The predicted octanol–water partition coefficient (Wildman–Crippen LogP) is 4.82. The van der Waals surface area contributed by atoms with Gasteiger partial charge in [0.15, 0.2) is 0 Å². The second-order valence-electron chi connectivity index (χ2n) is 6.40. The van der Waals surface area contributed by atoms with Crippen LogP contribution in [0.15, 0.2) is 47.8 Å². The molecule has 2 aromatic heterocycles. The molecule has 7 nitrogen and oxygen atoms in total. The number of thiophene rings is 1. The van der Waals surface area contributed by atoms with Crippen LogP contribution in [0.4, 0.5) is 5.69 Å². The van der Waals surface area contributed by atoms with Crippen LogP contribution in [-0.2, 0) is 0 Å². The van der Waals surface area contributed by atoms with Crippen LogP contribution in [0.2, 0.25) is 0 Å². The monoisotopic (exact) mass is 398 g/mol. The fourth-order valence-corrected chi connectivity index (χ4v) is 3.55. The maximum atomic E-state index is 12.8. The molecule has 1 amide bonds. The lowest BCUT2D eigenvalue weighted by Crippen LogP contribution is -2.26. The van der Waals surface area contributed by atoms with E-state index in [1.54, 1.807) is 18.2 Å². The molecule has 0 spiro atoms. The van der Waals surface area contributed by atoms with E-state index in [9.17, 15) is 14.9 Å². The van der Waals surface area contributed by atoms with Gasteiger partial charge in [-0.3, -0.25) is 14.9 Å². The summed E-state index contributed by atoms with van der Waals surface area (Å²) in [5.41, 5.74) is 1.46. The van der Waals surface area contributed by atoms with Gasteiger partial charge in [-0.05, 0) is 30.0 Å². The van der Waals surface area contributed by atoms with E-state index in [1.165, 1.54) is 28.2 Å². The zero-order valence-corrected chi connectivity index (χ0v) is 16.4. The van der Waals surface area contributed by atoms with E-state index in [1.807, 2.05) is 17.5 Å². The highest BCUT2D eigenvalue weighted by molar-refractivity contribution is 7.13. The van der Waals surface area contributed by atoms with Crippen molar-refractivity contribution in [1.82, 2.24) is 15.1 Å². The Kier molecular flexibility index (Phi) is 6.54. The van der Waals surface area contributed by atoms with Crippen molar-refractivity contribution in [3.8, 4) is 16.3 Å². The van der Waals surface area contributed by atoms with Crippen molar-refractivity contribution in [3.63, 3.8) is 0 Å². The van der Waals surface area contributed by atoms with Gasteiger partial charge in [-0.2, -0.15) is 5.10 Å². The van der Waals surface area contributed by atoms with E-state index in [0.717, 1.165) is 30.6 Å². The molecular weight excluding hydrogens is 376 g/mol. The van der Waals surface area contributed by atoms with Crippen molar-refractivity contribution in [1.29, 1.82) is 0 Å². The molecule has 3 aromatic rings. The van der Waals surface area contributed by atoms with Gasteiger partial charge in [0.1, 0.15) is 11.4 Å². The smallest absolute Gasteiger partial charge is 0.271 e. The van der Waals surface area contributed by atoms with Gasteiger partial charge < -0.3 is 5.32 Å². The van der Waals surface area contributed by atoms with Crippen LogP contribution in [-0.4, -0.2) is 27.2 Å². The van der Waals surface area contributed by atoms with Gasteiger partial charge >= 0.3 is 0 Å². The van der Waals surface area contributed by atoms with Crippen molar-refractivity contribution in [2.75, 3.05) is 6.54 Å². The number of aromatic nitrogens is 2. The highest BCUT2D eigenvalue weighted by Crippen LogP contribution is 2.26. The van der Waals surface area contributed by atoms with Crippen molar-refractivity contribution in [2.45, 2.75) is 32.6 Å². The van der Waals surface area contributed by atoms with Crippen molar-refractivity contribution in [3.05, 3.63) is 63.7 Å². The Balaban J connectivity index is 1.90. The highest BCUT2D eigenvalue weighted by atomic mass is 32.1. The summed E-state index contributed by atoms with van der Waals surface area (Å²) in [5.74, 6) is -0.238. The predicted molar refractivity (Wildman–Crippen MR) is 110 cm³/mol. The average Bonchev–Trinajstić information content (AvgIpc) is 3.37. The number of carbonyl (C=O) groups is 1. The molecule has 2 heterocycles. The number of nitro benzene ring substituents is 1. The summed E-state index contributed by atoms with van der Waals surface area (Å²) in [6.45, 7) is 2.73. The normalized spacial score (nSPS) is 10.8. The number of rotatable bonds is 9. The van der Waals surface area contributed by atoms with E-state index in [0.29, 0.717) is 23.6 Å². The van der Waals surface area contributed by atoms with Gasteiger partial charge in [-0.1, -0.05) is 38.3 Å². The third-order valence-corrected chi connectivity index (χ3v) is 5.21. The van der Waals surface area contributed by atoms with Crippen molar-refractivity contribution >= 4 is 22.9 Å². The van der Waals surface area contributed by atoms with Gasteiger partial charge in [-0.25, -0.2) is 4.68 Å². The van der Waals surface area contributed by atoms with Gasteiger partial charge in [0.05, 0.1) is 15.5 Å². The molecule has 0 unspecified atom stereocenters. The van der Waals surface area contributed by atoms with Gasteiger partial charge in [0.2, 0.25) is 0 Å². The van der Waals surface area contributed by atoms with Crippen LogP contribution in [0.25, 0.3) is 16.3 Å². The minimum Gasteiger partial charge on any atom is -0.351 e. The topological polar surface area (TPSA) is 90.1 Å². The molecule has 1 aromatic carbocycles. The average molecular weight is 398 g/mol. The standard InChI is InChI=1S/C20H22N4O3S/c1-2-3-4-5-11-21-20(25)18-14-17(19-10-7-12-28-19)22-23(18)15-8-6-9-16(13-15)24(26)27/h6-10,12-14H,2-5,11H2,1H3,(H,21,25). The Hall–Kier alpha value is -3.00. The van der Waals surface area contributed by atoms with Gasteiger partial charge in [-0.15, -0.1) is 11.3 Å². The van der Waals surface area contributed by atoms with E-state index in [4.69, 9.17) is 0 Å². The third-order valence-electron chi connectivity index (χ3n) is 4.32. The quantitative estimate of drug-likeness (QED) is 0.318. The molecule has 0 aliphatic rings. The minimum atomic E-state index is -0.458. The van der Waals surface area contributed by atoms with Crippen LogP contribution >= 0.6 is 11.3 Å². The summed E-state index contributed by atoms with van der Waals surface area (Å²) >= 11 is 1.52. The summed E-state index contributed by atoms with van der Waals surface area (Å²) < 4.78 is 1.48. The molecule has 0 saturated carbocycles. The maximum Gasteiger partial charge on any atom is 0.271 e. The Labute approximate surface area is 167 Å². The van der Waals surface area contributed by atoms with Crippen molar-refractivity contribution < 1.29 is 9.72 Å². The molecule has 0 aliphatic carbocycles. The number of unbranched alkanes of at least 4 members (excludes halogenated alkanes) is 3. The summed E-state index contributed by atoms with van der Waals surface area (Å²) in [6, 6.07) is 11.7. The van der Waals surface area contributed by atoms with Crippen LogP contribution in [0.1, 0.15) is 43.1 Å². The number of amides is 1. The first kappa shape index (κ1) is 19.8.